The van der Waals surface area contributed by atoms with Crippen molar-refractivity contribution >= 4 is 15.7 Å². The van der Waals surface area contributed by atoms with Gasteiger partial charge in [0.1, 0.15) is 11.4 Å². The maximum absolute atomic E-state index is 12.6. The molecule has 0 saturated heterocycles. The smallest absolute Gasteiger partial charge is 0.406 e. The first-order valence-electron chi connectivity index (χ1n) is 9.17. The summed E-state index contributed by atoms with van der Waals surface area (Å²) in [6.45, 7) is 0.0864. The van der Waals surface area contributed by atoms with Crippen LogP contribution < -0.4 is 10.1 Å². The number of pyridine rings is 1. The van der Waals surface area contributed by atoms with Crippen molar-refractivity contribution in [3.63, 3.8) is 0 Å². The highest BCUT2D eigenvalue weighted by molar-refractivity contribution is 7.92. The lowest BCUT2D eigenvalue weighted by molar-refractivity contribution is -0.274. The van der Waals surface area contributed by atoms with Gasteiger partial charge in [0.15, 0.2) is 9.84 Å². The van der Waals surface area contributed by atoms with Crippen LogP contribution in [0.5, 0.6) is 5.75 Å². The third kappa shape index (κ3) is 5.69. The van der Waals surface area contributed by atoms with Crippen LogP contribution in [0.2, 0.25) is 0 Å². The van der Waals surface area contributed by atoms with Gasteiger partial charge in [0.2, 0.25) is 0 Å². The van der Waals surface area contributed by atoms with Crippen LogP contribution >= 0.6 is 0 Å². The Labute approximate surface area is 178 Å². The standard InChI is InChI=1S/C19H16F6N2O4S/c20-18(21,22)16-5-4-12(10-26-16)17(28)27-9-11-6-15(7-11)32(29,30)14-3-1-2-13(8-14)31-19(23,24)25/h1-5,8,10-11,15H,6-7,9H2,(H,27,28)/t11-,15-. The zero-order valence-corrected chi connectivity index (χ0v) is 16.9. The first-order valence-corrected chi connectivity index (χ1v) is 10.7. The summed E-state index contributed by atoms with van der Waals surface area (Å²) in [6.07, 6.45) is -8.46. The second-order valence-electron chi connectivity index (χ2n) is 7.17. The van der Waals surface area contributed by atoms with Gasteiger partial charge in [-0.2, -0.15) is 13.2 Å². The first-order chi connectivity index (χ1) is 14.8. The largest absolute Gasteiger partial charge is 0.573 e. The minimum atomic E-state index is -4.95. The maximum Gasteiger partial charge on any atom is 0.573 e. The number of carbonyl (C=O) groups excluding carboxylic acids is 1. The minimum Gasteiger partial charge on any atom is -0.406 e. The minimum absolute atomic E-state index is 0.0806. The Morgan fingerprint density at radius 2 is 1.78 bits per heavy atom. The van der Waals surface area contributed by atoms with Crippen molar-refractivity contribution in [3.05, 3.63) is 53.9 Å². The Morgan fingerprint density at radius 3 is 2.34 bits per heavy atom. The summed E-state index contributed by atoms with van der Waals surface area (Å²) in [5.74, 6) is -1.52. The normalized spacial score (nSPS) is 19.2. The molecule has 6 nitrogen and oxygen atoms in total. The van der Waals surface area contributed by atoms with Gasteiger partial charge in [0, 0.05) is 12.7 Å². The molecule has 1 N–H and O–H groups in total. The van der Waals surface area contributed by atoms with Crippen LogP contribution in [0.1, 0.15) is 28.9 Å². The summed E-state index contributed by atoms with van der Waals surface area (Å²) in [4.78, 5) is 14.9. The molecule has 0 atom stereocenters. The van der Waals surface area contributed by atoms with Crippen LogP contribution in [0.25, 0.3) is 0 Å². The number of amides is 1. The van der Waals surface area contributed by atoms with E-state index in [1.165, 1.54) is 6.07 Å². The molecule has 174 valence electrons. The van der Waals surface area contributed by atoms with Gasteiger partial charge in [-0.25, -0.2) is 8.42 Å². The van der Waals surface area contributed by atoms with Crippen molar-refractivity contribution in [3.8, 4) is 5.75 Å². The molecule has 13 heteroatoms. The predicted octanol–water partition coefficient (Wildman–Crippen LogP) is 3.98. The average Bonchev–Trinajstić information content (AvgIpc) is 2.64. The summed E-state index contributed by atoms with van der Waals surface area (Å²) >= 11 is 0. The van der Waals surface area contributed by atoms with Gasteiger partial charge in [0.25, 0.3) is 5.91 Å². The van der Waals surface area contributed by atoms with E-state index in [-0.39, 0.29) is 35.8 Å². The van der Waals surface area contributed by atoms with Crippen molar-refractivity contribution in [2.75, 3.05) is 6.54 Å². The monoisotopic (exact) mass is 482 g/mol. The van der Waals surface area contributed by atoms with Gasteiger partial charge in [-0.05, 0) is 49.1 Å². The van der Waals surface area contributed by atoms with Crippen LogP contribution in [0.15, 0.2) is 47.5 Å². The number of nitrogens with zero attached hydrogens (tertiary/aromatic N) is 1. The van der Waals surface area contributed by atoms with E-state index in [4.69, 9.17) is 0 Å². The zero-order chi connectivity index (χ0) is 23.7. The number of rotatable bonds is 6. The van der Waals surface area contributed by atoms with E-state index < -0.39 is 45.0 Å². The fourth-order valence-electron chi connectivity index (χ4n) is 3.17. The highest BCUT2D eigenvalue weighted by atomic mass is 32.2. The summed E-state index contributed by atoms with van der Waals surface area (Å²) in [5, 5.41) is 1.67. The van der Waals surface area contributed by atoms with E-state index >= 15 is 0 Å². The molecule has 0 aliphatic heterocycles. The van der Waals surface area contributed by atoms with Gasteiger partial charge >= 0.3 is 12.5 Å². The molecule has 1 aliphatic carbocycles. The van der Waals surface area contributed by atoms with Crippen molar-refractivity contribution in [2.45, 2.75) is 35.5 Å². The lowest BCUT2D eigenvalue weighted by Crippen LogP contribution is -2.42. The van der Waals surface area contributed by atoms with Crippen LogP contribution in [0.3, 0.4) is 0 Å². The number of aromatic nitrogens is 1. The number of sulfone groups is 1. The number of halogens is 6. The second kappa shape index (κ2) is 8.60. The van der Waals surface area contributed by atoms with Gasteiger partial charge in [0.05, 0.1) is 15.7 Å². The predicted molar refractivity (Wildman–Crippen MR) is 98.4 cm³/mol. The molecule has 1 saturated carbocycles. The number of benzene rings is 1. The third-order valence-corrected chi connectivity index (χ3v) is 7.04. The van der Waals surface area contributed by atoms with Crippen molar-refractivity contribution in [2.24, 2.45) is 5.92 Å². The molecule has 1 aromatic heterocycles. The molecule has 1 aliphatic rings. The highest BCUT2D eigenvalue weighted by Gasteiger charge is 2.40. The summed E-state index contributed by atoms with van der Waals surface area (Å²) < 4.78 is 104. The van der Waals surface area contributed by atoms with Crippen molar-refractivity contribution in [1.82, 2.24) is 10.3 Å². The highest BCUT2D eigenvalue weighted by Crippen LogP contribution is 2.37. The van der Waals surface area contributed by atoms with Gasteiger partial charge < -0.3 is 10.1 Å². The van der Waals surface area contributed by atoms with Crippen LogP contribution in [0.4, 0.5) is 26.3 Å². The summed E-state index contributed by atoms with van der Waals surface area (Å²) in [5.41, 5.74) is -1.21. The van der Waals surface area contributed by atoms with Crippen molar-refractivity contribution in [1.29, 1.82) is 0 Å². The van der Waals surface area contributed by atoms with E-state index in [1.807, 2.05) is 0 Å². The fourth-order valence-corrected chi connectivity index (χ4v) is 5.15. The lowest BCUT2D eigenvalue weighted by Gasteiger charge is -2.34. The van der Waals surface area contributed by atoms with E-state index in [0.717, 1.165) is 30.5 Å². The Bertz CT molecular complexity index is 1080. The molecule has 0 spiro atoms. The topological polar surface area (TPSA) is 85.4 Å². The molecule has 2 aromatic rings. The first kappa shape index (κ1) is 23.8. The summed E-state index contributed by atoms with van der Waals surface area (Å²) in [6, 6.07) is 5.76. The number of alkyl halides is 6. The molecule has 1 fully saturated rings. The summed E-state index contributed by atoms with van der Waals surface area (Å²) in [7, 11) is -3.90. The molecular weight excluding hydrogens is 466 g/mol. The quantitative estimate of drug-likeness (QED) is 0.630. The molecule has 3 rings (SSSR count). The number of ether oxygens (including phenoxy) is 1. The molecule has 0 bridgehead atoms. The Morgan fingerprint density at radius 1 is 1.09 bits per heavy atom. The Balaban J connectivity index is 1.53. The molecule has 0 unspecified atom stereocenters. The SMILES string of the molecule is O=C(NC[C@H]1C[C@H](S(=O)(=O)c2cccc(OC(F)(F)F)c2)C1)c1ccc(C(F)(F)F)nc1. The Hall–Kier alpha value is -2.83. The number of carbonyl (C=O) groups is 1. The van der Waals surface area contributed by atoms with E-state index in [1.54, 1.807) is 0 Å². The lowest BCUT2D eigenvalue weighted by atomic mass is 9.85. The van der Waals surface area contributed by atoms with E-state index in [2.05, 4.69) is 15.0 Å². The molecule has 1 amide bonds. The molecular formula is C19H16F6N2O4S. The number of hydrogen-bond acceptors (Lipinski definition) is 5. The fraction of sp³-hybridized carbons (Fsp3) is 0.368. The average molecular weight is 482 g/mol. The van der Waals surface area contributed by atoms with Crippen LogP contribution in [-0.2, 0) is 16.0 Å². The number of nitrogens with one attached hydrogen (secondary N) is 1. The molecule has 32 heavy (non-hydrogen) atoms. The van der Waals surface area contributed by atoms with Crippen LogP contribution in [-0.4, -0.2) is 37.5 Å². The molecule has 1 aromatic carbocycles. The molecule has 1 heterocycles. The van der Waals surface area contributed by atoms with Gasteiger partial charge in [-0.3, -0.25) is 9.78 Å². The maximum atomic E-state index is 12.6. The Kier molecular flexibility index (Phi) is 6.40. The van der Waals surface area contributed by atoms with E-state index in [9.17, 15) is 39.6 Å². The third-order valence-electron chi connectivity index (χ3n) is 4.87. The van der Waals surface area contributed by atoms with E-state index in [0.29, 0.717) is 6.07 Å². The van der Waals surface area contributed by atoms with Gasteiger partial charge in [-0.15, -0.1) is 13.2 Å². The van der Waals surface area contributed by atoms with Crippen LogP contribution in [0, 0.1) is 5.92 Å². The molecule has 0 radical (unpaired) electrons. The van der Waals surface area contributed by atoms with Crippen molar-refractivity contribution < 1.29 is 44.3 Å². The second-order valence-corrected chi connectivity index (χ2v) is 9.40. The van der Waals surface area contributed by atoms with Gasteiger partial charge in [-0.1, -0.05) is 6.07 Å². The zero-order valence-electron chi connectivity index (χ0n) is 16.1. The number of hydrogen-bond donors (Lipinski definition) is 1.